The summed E-state index contributed by atoms with van der Waals surface area (Å²) in [5.74, 6) is 0. The average Bonchev–Trinajstić information content (AvgIpc) is 3.15. The number of hydrogen-bond donors (Lipinski definition) is 0. The average molecular weight is 306 g/mol. The Balaban J connectivity index is 1.85. The highest BCUT2D eigenvalue weighted by Gasteiger charge is 2.09. The molecule has 21 heavy (non-hydrogen) atoms. The highest BCUT2D eigenvalue weighted by Crippen LogP contribution is 2.39. The van der Waals surface area contributed by atoms with Crippen molar-refractivity contribution in [2.45, 2.75) is 6.92 Å². The van der Waals surface area contributed by atoms with Crippen molar-refractivity contribution in [2.24, 2.45) is 0 Å². The van der Waals surface area contributed by atoms with E-state index in [9.17, 15) is 0 Å². The second-order valence-corrected chi connectivity index (χ2v) is 7.47. The van der Waals surface area contributed by atoms with Gasteiger partial charge in [0.2, 0.25) is 0 Å². The SMILES string of the molecule is Cc1ccc(-c2ccc(-c3cccc4ccccc34)s2)s1. The molecule has 0 fully saturated rings. The fourth-order valence-electron chi connectivity index (χ4n) is 2.62. The first-order chi connectivity index (χ1) is 10.3. The number of rotatable bonds is 2. The van der Waals surface area contributed by atoms with Crippen LogP contribution in [0.1, 0.15) is 4.88 Å². The van der Waals surface area contributed by atoms with Gasteiger partial charge in [-0.3, -0.25) is 0 Å². The first-order valence-corrected chi connectivity index (χ1v) is 8.59. The van der Waals surface area contributed by atoms with E-state index in [-0.39, 0.29) is 0 Å². The summed E-state index contributed by atoms with van der Waals surface area (Å²) in [6.45, 7) is 2.16. The maximum Gasteiger partial charge on any atom is 0.0449 e. The summed E-state index contributed by atoms with van der Waals surface area (Å²) in [4.78, 5) is 5.43. The smallest absolute Gasteiger partial charge is 0.0449 e. The Kier molecular flexibility index (Phi) is 3.13. The van der Waals surface area contributed by atoms with E-state index >= 15 is 0 Å². The summed E-state index contributed by atoms with van der Waals surface area (Å²) in [6.07, 6.45) is 0. The fraction of sp³-hybridized carbons (Fsp3) is 0.0526. The summed E-state index contributed by atoms with van der Waals surface area (Å²) >= 11 is 3.74. The van der Waals surface area contributed by atoms with Gasteiger partial charge < -0.3 is 0 Å². The molecule has 0 amide bonds. The Hall–Kier alpha value is -1.90. The highest BCUT2D eigenvalue weighted by atomic mass is 32.1. The number of fused-ring (bicyclic) bond motifs is 1. The molecule has 4 aromatic rings. The molecule has 2 aromatic carbocycles. The van der Waals surface area contributed by atoms with Crippen LogP contribution in [0.25, 0.3) is 31.0 Å². The zero-order valence-corrected chi connectivity index (χ0v) is 13.3. The summed E-state index contributed by atoms with van der Waals surface area (Å²) in [5, 5.41) is 2.63. The number of hydrogen-bond acceptors (Lipinski definition) is 2. The van der Waals surface area contributed by atoms with Crippen LogP contribution in [0.4, 0.5) is 0 Å². The molecule has 2 aromatic heterocycles. The third-order valence-electron chi connectivity index (χ3n) is 3.64. The number of thiophene rings is 2. The third-order valence-corrected chi connectivity index (χ3v) is 5.96. The first-order valence-electron chi connectivity index (χ1n) is 6.96. The molecule has 0 atom stereocenters. The zero-order chi connectivity index (χ0) is 14.2. The van der Waals surface area contributed by atoms with Crippen molar-refractivity contribution in [3.8, 4) is 20.2 Å². The lowest BCUT2D eigenvalue weighted by atomic mass is 10.0. The van der Waals surface area contributed by atoms with Crippen molar-refractivity contribution in [3.63, 3.8) is 0 Å². The topological polar surface area (TPSA) is 0 Å². The van der Waals surface area contributed by atoms with Crippen molar-refractivity contribution < 1.29 is 0 Å². The molecule has 4 rings (SSSR count). The zero-order valence-electron chi connectivity index (χ0n) is 11.7. The van der Waals surface area contributed by atoms with Gasteiger partial charge in [0, 0.05) is 19.5 Å². The van der Waals surface area contributed by atoms with Gasteiger partial charge in [-0.15, -0.1) is 22.7 Å². The van der Waals surface area contributed by atoms with Gasteiger partial charge in [-0.1, -0.05) is 42.5 Å². The van der Waals surface area contributed by atoms with Crippen molar-refractivity contribution in [2.75, 3.05) is 0 Å². The van der Waals surface area contributed by atoms with Crippen LogP contribution in [0.5, 0.6) is 0 Å². The molecule has 0 aliphatic rings. The van der Waals surface area contributed by atoms with Crippen LogP contribution in [0, 0.1) is 6.92 Å². The van der Waals surface area contributed by atoms with Gasteiger partial charge in [0.05, 0.1) is 0 Å². The van der Waals surface area contributed by atoms with Crippen LogP contribution in [0.3, 0.4) is 0 Å². The van der Waals surface area contributed by atoms with Gasteiger partial charge >= 0.3 is 0 Å². The second-order valence-electron chi connectivity index (χ2n) is 5.10. The maximum absolute atomic E-state index is 2.25. The predicted molar refractivity (Wildman–Crippen MR) is 95.3 cm³/mol. The molecule has 0 nitrogen and oxygen atoms in total. The van der Waals surface area contributed by atoms with Gasteiger partial charge in [-0.2, -0.15) is 0 Å². The van der Waals surface area contributed by atoms with E-state index in [0.717, 1.165) is 0 Å². The lowest BCUT2D eigenvalue weighted by Gasteiger charge is -2.03. The van der Waals surface area contributed by atoms with Crippen LogP contribution in [-0.4, -0.2) is 0 Å². The maximum atomic E-state index is 2.25. The fourth-order valence-corrected chi connectivity index (χ4v) is 4.63. The minimum atomic E-state index is 1.30. The highest BCUT2D eigenvalue weighted by molar-refractivity contribution is 7.23. The number of aryl methyl sites for hydroxylation is 1. The Morgan fingerprint density at radius 3 is 2.19 bits per heavy atom. The molecule has 0 radical (unpaired) electrons. The Bertz CT molecular complexity index is 907. The lowest BCUT2D eigenvalue weighted by molar-refractivity contribution is 1.64. The molecular weight excluding hydrogens is 292 g/mol. The largest absolute Gasteiger partial charge is 0.140 e. The minimum Gasteiger partial charge on any atom is -0.140 e. The molecule has 0 aliphatic carbocycles. The molecule has 0 saturated heterocycles. The van der Waals surface area contributed by atoms with Crippen LogP contribution in [0.2, 0.25) is 0 Å². The molecule has 0 saturated carbocycles. The summed E-state index contributed by atoms with van der Waals surface area (Å²) in [6, 6.07) is 24.0. The van der Waals surface area contributed by atoms with Crippen LogP contribution >= 0.6 is 22.7 Å². The van der Waals surface area contributed by atoms with Crippen molar-refractivity contribution in [3.05, 3.63) is 71.6 Å². The van der Waals surface area contributed by atoms with E-state index in [0.29, 0.717) is 0 Å². The molecule has 0 bridgehead atoms. The molecular formula is C19H14S2. The van der Waals surface area contributed by atoms with Gasteiger partial charge in [-0.05, 0) is 47.5 Å². The normalized spacial score (nSPS) is 11.1. The molecule has 0 N–H and O–H groups in total. The second kappa shape index (κ2) is 5.14. The standard InChI is InChI=1S/C19H14S2/c1-13-9-10-18(20-13)19-12-11-17(21-19)16-8-4-6-14-5-2-3-7-15(14)16/h2-12H,1H3. The monoisotopic (exact) mass is 306 g/mol. The van der Waals surface area contributed by atoms with Gasteiger partial charge in [-0.25, -0.2) is 0 Å². The Morgan fingerprint density at radius 2 is 1.33 bits per heavy atom. The molecule has 0 unspecified atom stereocenters. The van der Waals surface area contributed by atoms with E-state index in [1.807, 2.05) is 22.7 Å². The van der Waals surface area contributed by atoms with E-state index in [1.54, 1.807) is 0 Å². The van der Waals surface area contributed by atoms with Crippen molar-refractivity contribution in [1.29, 1.82) is 0 Å². The summed E-state index contributed by atoms with van der Waals surface area (Å²) < 4.78 is 0. The first kappa shape index (κ1) is 12.8. The van der Waals surface area contributed by atoms with Crippen LogP contribution in [-0.2, 0) is 0 Å². The van der Waals surface area contributed by atoms with E-state index in [4.69, 9.17) is 0 Å². The molecule has 2 heterocycles. The summed E-state index contributed by atoms with van der Waals surface area (Å²) in [7, 11) is 0. The van der Waals surface area contributed by atoms with E-state index < -0.39 is 0 Å². The predicted octanol–water partition coefficient (Wildman–Crippen LogP) is 6.61. The van der Waals surface area contributed by atoms with Crippen molar-refractivity contribution in [1.82, 2.24) is 0 Å². The lowest BCUT2D eigenvalue weighted by Crippen LogP contribution is -1.76. The molecule has 0 spiro atoms. The van der Waals surface area contributed by atoms with Gasteiger partial charge in [0.1, 0.15) is 0 Å². The molecule has 0 aliphatic heterocycles. The Morgan fingerprint density at radius 1 is 0.619 bits per heavy atom. The van der Waals surface area contributed by atoms with Crippen molar-refractivity contribution >= 4 is 33.4 Å². The van der Waals surface area contributed by atoms with Gasteiger partial charge in [0.25, 0.3) is 0 Å². The molecule has 102 valence electrons. The molecule has 2 heteroatoms. The van der Waals surface area contributed by atoms with Crippen LogP contribution in [0.15, 0.2) is 66.7 Å². The minimum absolute atomic E-state index is 1.30. The van der Waals surface area contributed by atoms with Gasteiger partial charge in [0.15, 0.2) is 0 Å². The number of benzene rings is 2. The quantitative estimate of drug-likeness (QED) is 0.391. The Labute approximate surface area is 132 Å². The third kappa shape index (κ3) is 2.31. The summed E-state index contributed by atoms with van der Waals surface area (Å²) in [5.41, 5.74) is 1.33. The van der Waals surface area contributed by atoms with E-state index in [2.05, 4.69) is 73.7 Å². The van der Waals surface area contributed by atoms with Crippen LogP contribution < -0.4 is 0 Å². The van der Waals surface area contributed by atoms with E-state index in [1.165, 1.54) is 35.8 Å².